The summed E-state index contributed by atoms with van der Waals surface area (Å²) in [5, 5.41) is 9.24. The molecule has 1 aliphatic rings. The molecule has 2 rings (SSSR count). The number of aromatic nitrogens is 1. The molecule has 5 nitrogen and oxygen atoms in total. The number of alkyl halides is 3. The SMILES string of the molecule is CC(O)C(=O)N1CCN(c2ccnc(C(F)(F)F)c2)CC1. The van der Waals surface area contributed by atoms with Crippen molar-refractivity contribution in [1.29, 1.82) is 0 Å². The minimum Gasteiger partial charge on any atom is -0.384 e. The predicted molar refractivity (Wildman–Crippen MR) is 69.7 cm³/mol. The van der Waals surface area contributed by atoms with E-state index in [0.29, 0.717) is 31.9 Å². The smallest absolute Gasteiger partial charge is 0.384 e. The van der Waals surface area contributed by atoms with Gasteiger partial charge in [0, 0.05) is 38.1 Å². The fourth-order valence-corrected chi connectivity index (χ4v) is 2.22. The zero-order chi connectivity index (χ0) is 15.6. The van der Waals surface area contributed by atoms with Crippen LogP contribution < -0.4 is 4.90 Å². The first-order chi connectivity index (χ1) is 9.79. The van der Waals surface area contributed by atoms with Crippen LogP contribution >= 0.6 is 0 Å². The zero-order valence-corrected chi connectivity index (χ0v) is 11.5. The van der Waals surface area contributed by atoms with Crippen LogP contribution in [0.1, 0.15) is 12.6 Å². The van der Waals surface area contributed by atoms with Gasteiger partial charge < -0.3 is 14.9 Å². The molecule has 8 heteroatoms. The van der Waals surface area contributed by atoms with Crippen LogP contribution in [0.2, 0.25) is 0 Å². The van der Waals surface area contributed by atoms with E-state index in [4.69, 9.17) is 0 Å². The average molecular weight is 303 g/mol. The summed E-state index contributed by atoms with van der Waals surface area (Å²) in [5.41, 5.74) is -0.496. The molecule has 21 heavy (non-hydrogen) atoms. The van der Waals surface area contributed by atoms with Gasteiger partial charge >= 0.3 is 6.18 Å². The highest BCUT2D eigenvalue weighted by Gasteiger charge is 2.33. The Labute approximate surface area is 120 Å². The Morgan fingerprint density at radius 2 is 1.95 bits per heavy atom. The van der Waals surface area contributed by atoms with Crippen molar-refractivity contribution in [3.05, 3.63) is 24.0 Å². The van der Waals surface area contributed by atoms with E-state index in [2.05, 4.69) is 4.98 Å². The molecule has 1 fully saturated rings. The lowest BCUT2D eigenvalue weighted by Crippen LogP contribution is -2.51. The molecule has 0 bridgehead atoms. The molecule has 1 atom stereocenters. The molecule has 1 saturated heterocycles. The molecular weight excluding hydrogens is 287 g/mol. The van der Waals surface area contributed by atoms with E-state index in [-0.39, 0.29) is 5.91 Å². The Balaban J connectivity index is 2.04. The molecule has 1 aromatic rings. The molecule has 1 N–H and O–H groups in total. The molecule has 0 saturated carbocycles. The van der Waals surface area contributed by atoms with Crippen LogP contribution in [0.4, 0.5) is 18.9 Å². The first-order valence-corrected chi connectivity index (χ1v) is 6.54. The van der Waals surface area contributed by atoms with Crippen molar-refractivity contribution in [1.82, 2.24) is 9.88 Å². The van der Waals surface area contributed by atoms with E-state index in [9.17, 15) is 23.1 Å². The van der Waals surface area contributed by atoms with Gasteiger partial charge in [0.15, 0.2) is 0 Å². The number of carbonyl (C=O) groups is 1. The highest BCUT2D eigenvalue weighted by Crippen LogP contribution is 2.30. The fraction of sp³-hybridized carbons (Fsp3) is 0.538. The molecule has 0 aliphatic carbocycles. The maximum Gasteiger partial charge on any atom is 0.433 e. The topological polar surface area (TPSA) is 56.7 Å². The number of carbonyl (C=O) groups excluding carboxylic acids is 1. The number of amides is 1. The van der Waals surface area contributed by atoms with E-state index in [1.807, 2.05) is 0 Å². The van der Waals surface area contributed by atoms with E-state index in [1.54, 1.807) is 4.90 Å². The number of aliphatic hydroxyl groups excluding tert-OH is 1. The average Bonchev–Trinajstić information content (AvgIpc) is 2.46. The van der Waals surface area contributed by atoms with Gasteiger partial charge in [-0.3, -0.25) is 9.78 Å². The number of anilines is 1. The molecule has 1 aromatic heterocycles. The Morgan fingerprint density at radius 3 is 2.48 bits per heavy atom. The summed E-state index contributed by atoms with van der Waals surface area (Å²) in [6, 6.07) is 2.52. The minimum absolute atomic E-state index is 0.361. The second-order valence-electron chi connectivity index (χ2n) is 4.89. The number of rotatable bonds is 2. The number of nitrogens with zero attached hydrogens (tertiary/aromatic N) is 3. The van der Waals surface area contributed by atoms with Gasteiger partial charge in [0.05, 0.1) is 0 Å². The molecule has 1 amide bonds. The van der Waals surface area contributed by atoms with E-state index >= 15 is 0 Å². The normalized spacial score (nSPS) is 17.8. The third kappa shape index (κ3) is 3.63. The van der Waals surface area contributed by atoms with Crippen molar-refractivity contribution in [3.63, 3.8) is 0 Å². The summed E-state index contributed by atoms with van der Waals surface area (Å²) in [6.07, 6.45) is -4.40. The molecule has 0 spiro atoms. The minimum atomic E-state index is -4.47. The number of pyridine rings is 1. The predicted octanol–water partition coefficient (Wildman–Crippen LogP) is 1.13. The second-order valence-corrected chi connectivity index (χ2v) is 4.89. The van der Waals surface area contributed by atoms with Gasteiger partial charge in [-0.15, -0.1) is 0 Å². The largest absolute Gasteiger partial charge is 0.433 e. The molecule has 116 valence electrons. The standard InChI is InChI=1S/C13H16F3N3O2/c1-9(20)12(21)19-6-4-18(5-7-19)10-2-3-17-11(8-10)13(14,15)16/h2-3,8-9,20H,4-7H2,1H3. The highest BCUT2D eigenvalue weighted by atomic mass is 19.4. The Morgan fingerprint density at radius 1 is 1.33 bits per heavy atom. The third-order valence-corrected chi connectivity index (χ3v) is 3.35. The third-order valence-electron chi connectivity index (χ3n) is 3.35. The summed E-state index contributed by atoms with van der Waals surface area (Å²) in [6.45, 7) is 2.97. The van der Waals surface area contributed by atoms with Gasteiger partial charge in [-0.25, -0.2) is 0 Å². The zero-order valence-electron chi connectivity index (χ0n) is 11.5. The van der Waals surface area contributed by atoms with Crippen LogP contribution in [0, 0.1) is 0 Å². The molecule has 1 aliphatic heterocycles. The monoisotopic (exact) mass is 303 g/mol. The summed E-state index contributed by atoms with van der Waals surface area (Å²) in [4.78, 5) is 18.2. The van der Waals surface area contributed by atoms with Gasteiger partial charge in [0.25, 0.3) is 5.91 Å². The van der Waals surface area contributed by atoms with Crippen molar-refractivity contribution in [3.8, 4) is 0 Å². The van der Waals surface area contributed by atoms with E-state index < -0.39 is 18.0 Å². The summed E-state index contributed by atoms with van der Waals surface area (Å²) in [5.74, 6) is -0.361. The number of hydrogen-bond donors (Lipinski definition) is 1. The quantitative estimate of drug-likeness (QED) is 0.890. The molecular formula is C13H16F3N3O2. The van der Waals surface area contributed by atoms with E-state index in [1.165, 1.54) is 17.9 Å². The van der Waals surface area contributed by atoms with Gasteiger partial charge in [-0.2, -0.15) is 13.2 Å². The lowest BCUT2D eigenvalue weighted by molar-refractivity contribution is -0.141. The lowest BCUT2D eigenvalue weighted by Gasteiger charge is -2.36. The van der Waals surface area contributed by atoms with Crippen molar-refractivity contribution in [2.75, 3.05) is 31.1 Å². The van der Waals surface area contributed by atoms with Gasteiger partial charge in [-0.1, -0.05) is 0 Å². The maximum absolute atomic E-state index is 12.6. The summed E-state index contributed by atoms with van der Waals surface area (Å²) in [7, 11) is 0. The van der Waals surface area contributed by atoms with Crippen LogP contribution in [0.25, 0.3) is 0 Å². The van der Waals surface area contributed by atoms with E-state index in [0.717, 1.165) is 12.3 Å². The second kappa shape index (κ2) is 5.88. The van der Waals surface area contributed by atoms with Gasteiger partial charge in [-0.05, 0) is 19.1 Å². The van der Waals surface area contributed by atoms with Crippen LogP contribution in [-0.4, -0.2) is 53.2 Å². The van der Waals surface area contributed by atoms with Crippen molar-refractivity contribution < 1.29 is 23.1 Å². The van der Waals surface area contributed by atoms with Crippen molar-refractivity contribution >= 4 is 11.6 Å². The molecule has 1 unspecified atom stereocenters. The molecule has 0 aromatic carbocycles. The van der Waals surface area contributed by atoms with Crippen LogP contribution in [0.15, 0.2) is 18.3 Å². The summed E-state index contributed by atoms with van der Waals surface area (Å²) >= 11 is 0. The number of piperazine rings is 1. The number of aliphatic hydroxyl groups is 1. The Kier molecular flexibility index (Phi) is 4.36. The first kappa shape index (κ1) is 15.6. The number of halogens is 3. The highest BCUT2D eigenvalue weighted by molar-refractivity contribution is 5.80. The van der Waals surface area contributed by atoms with Crippen LogP contribution in [0.5, 0.6) is 0 Å². The van der Waals surface area contributed by atoms with Gasteiger partial charge in [0.2, 0.25) is 0 Å². The Bertz CT molecular complexity index is 512. The maximum atomic E-state index is 12.6. The van der Waals surface area contributed by atoms with Gasteiger partial charge in [0.1, 0.15) is 11.8 Å². The number of hydrogen-bond acceptors (Lipinski definition) is 4. The summed E-state index contributed by atoms with van der Waals surface area (Å²) < 4.78 is 37.9. The Hall–Kier alpha value is -1.83. The van der Waals surface area contributed by atoms with Crippen LogP contribution in [0.3, 0.4) is 0 Å². The fourth-order valence-electron chi connectivity index (χ4n) is 2.22. The lowest BCUT2D eigenvalue weighted by atomic mass is 10.2. The van der Waals surface area contributed by atoms with Crippen molar-refractivity contribution in [2.24, 2.45) is 0 Å². The first-order valence-electron chi connectivity index (χ1n) is 6.54. The molecule has 0 radical (unpaired) electrons. The molecule has 2 heterocycles. The van der Waals surface area contributed by atoms with Crippen LogP contribution in [-0.2, 0) is 11.0 Å². The van der Waals surface area contributed by atoms with Crippen molar-refractivity contribution in [2.45, 2.75) is 19.2 Å².